The molecule has 3 heterocycles. The van der Waals surface area contributed by atoms with Crippen molar-refractivity contribution in [1.29, 1.82) is 0 Å². The highest BCUT2D eigenvalue weighted by Gasteiger charge is 2.18. The Morgan fingerprint density at radius 2 is 1.77 bits per heavy atom. The Morgan fingerprint density at radius 3 is 2.49 bits per heavy atom. The summed E-state index contributed by atoms with van der Waals surface area (Å²) in [4.78, 5) is 34.9. The van der Waals surface area contributed by atoms with E-state index in [1.807, 2.05) is 6.92 Å². The Hall–Kier alpha value is -4.92. The number of hydrogen-bond donors (Lipinski definition) is 0. The maximum absolute atomic E-state index is 15.0. The number of aryl methyl sites for hydroxylation is 1. The Bertz CT molecular complexity index is 1750. The zero-order chi connectivity index (χ0) is 27.5. The van der Waals surface area contributed by atoms with Gasteiger partial charge in [0.1, 0.15) is 17.1 Å². The molecule has 0 saturated carbocycles. The van der Waals surface area contributed by atoms with E-state index in [9.17, 15) is 14.0 Å². The Labute approximate surface area is 222 Å². The molecule has 3 aromatic heterocycles. The standard InChI is InChI=1S/C30H23F2N3O4/c1-3-35-16-22(19-5-7-20(31)8-6-19)30(37)23(17-35)26(36)13-18-4-9-27(24(32)12-18)39-28-10-11-33-25-14-21(38-2)15-34-29(25)28/h4-12,14-17H,3,13H2,1-2H3. The van der Waals surface area contributed by atoms with Gasteiger partial charge in [-0.1, -0.05) is 18.2 Å². The van der Waals surface area contributed by atoms with Crippen LogP contribution in [0.1, 0.15) is 22.8 Å². The molecule has 0 saturated heterocycles. The normalized spacial score (nSPS) is 11.0. The molecule has 5 rings (SSSR count). The van der Waals surface area contributed by atoms with E-state index in [0.717, 1.165) is 0 Å². The molecular weight excluding hydrogens is 504 g/mol. The summed E-state index contributed by atoms with van der Waals surface area (Å²) in [5.74, 6) is -0.778. The molecule has 39 heavy (non-hydrogen) atoms. The SMILES string of the molecule is CCn1cc(C(=O)Cc2ccc(Oc3ccnc4cc(OC)cnc34)c(F)c2)c(=O)c(-c2ccc(F)cc2)c1. The Kier molecular flexibility index (Phi) is 7.14. The molecule has 2 aromatic carbocycles. The highest BCUT2D eigenvalue weighted by Crippen LogP contribution is 2.31. The Balaban J connectivity index is 1.40. The van der Waals surface area contributed by atoms with Gasteiger partial charge in [0.05, 0.1) is 24.4 Å². The summed E-state index contributed by atoms with van der Waals surface area (Å²) in [6.45, 7) is 2.39. The summed E-state index contributed by atoms with van der Waals surface area (Å²) in [5, 5.41) is 0. The number of fused-ring (bicyclic) bond motifs is 1. The number of nitrogens with zero attached hydrogens (tertiary/aromatic N) is 3. The Morgan fingerprint density at radius 1 is 0.974 bits per heavy atom. The lowest BCUT2D eigenvalue weighted by atomic mass is 9.99. The molecule has 0 N–H and O–H groups in total. The van der Waals surface area contributed by atoms with Gasteiger partial charge in [-0.3, -0.25) is 14.6 Å². The fraction of sp³-hybridized carbons (Fsp3) is 0.133. The topological polar surface area (TPSA) is 83.3 Å². The van der Waals surface area contributed by atoms with Gasteiger partial charge >= 0.3 is 0 Å². The number of benzene rings is 2. The third kappa shape index (κ3) is 5.38. The fourth-order valence-corrected chi connectivity index (χ4v) is 4.16. The summed E-state index contributed by atoms with van der Waals surface area (Å²) in [6.07, 6.45) is 5.96. The van der Waals surface area contributed by atoms with Crippen molar-refractivity contribution >= 4 is 16.8 Å². The summed E-state index contributed by atoms with van der Waals surface area (Å²) in [5.41, 5.74) is 1.63. The van der Waals surface area contributed by atoms with Crippen LogP contribution in [0.3, 0.4) is 0 Å². The average Bonchev–Trinajstić information content (AvgIpc) is 2.95. The lowest BCUT2D eigenvalue weighted by Gasteiger charge is -2.12. The predicted molar refractivity (Wildman–Crippen MR) is 142 cm³/mol. The first-order chi connectivity index (χ1) is 18.9. The minimum atomic E-state index is -0.676. The number of rotatable bonds is 8. The van der Waals surface area contributed by atoms with Gasteiger partial charge in [-0.25, -0.2) is 13.8 Å². The molecule has 0 spiro atoms. The van der Waals surface area contributed by atoms with Crippen molar-refractivity contribution in [3.8, 4) is 28.4 Å². The van der Waals surface area contributed by atoms with Gasteiger partial charge in [0, 0.05) is 49.3 Å². The van der Waals surface area contributed by atoms with Crippen LogP contribution in [0, 0.1) is 11.6 Å². The zero-order valence-electron chi connectivity index (χ0n) is 21.2. The van der Waals surface area contributed by atoms with E-state index in [1.54, 1.807) is 29.0 Å². The van der Waals surface area contributed by atoms with Crippen molar-refractivity contribution in [3.05, 3.63) is 112 Å². The number of Topliss-reactive ketones (excluding diaryl/α,β-unsaturated/α-hetero) is 1. The second kappa shape index (κ2) is 10.8. The summed E-state index contributed by atoms with van der Waals surface area (Å²) >= 11 is 0. The van der Waals surface area contributed by atoms with Crippen LogP contribution in [0.25, 0.3) is 22.2 Å². The van der Waals surface area contributed by atoms with E-state index in [0.29, 0.717) is 40.2 Å². The van der Waals surface area contributed by atoms with Gasteiger partial charge in [0.2, 0.25) is 0 Å². The minimum absolute atomic E-state index is 0.0239. The van der Waals surface area contributed by atoms with Crippen LogP contribution in [0.2, 0.25) is 0 Å². The summed E-state index contributed by atoms with van der Waals surface area (Å²) < 4.78 is 41.1. The number of aromatic nitrogens is 3. The van der Waals surface area contributed by atoms with E-state index < -0.39 is 22.8 Å². The van der Waals surface area contributed by atoms with E-state index in [4.69, 9.17) is 9.47 Å². The summed E-state index contributed by atoms with van der Waals surface area (Å²) in [7, 11) is 1.52. The van der Waals surface area contributed by atoms with Crippen LogP contribution in [0.15, 0.2) is 84.2 Å². The van der Waals surface area contributed by atoms with Crippen molar-refractivity contribution in [1.82, 2.24) is 14.5 Å². The number of halogens is 2. The van der Waals surface area contributed by atoms with E-state index in [1.165, 1.54) is 62.1 Å². The number of ketones is 1. The second-order valence-corrected chi connectivity index (χ2v) is 8.77. The molecule has 0 fully saturated rings. The van der Waals surface area contributed by atoms with E-state index in [2.05, 4.69) is 9.97 Å². The highest BCUT2D eigenvalue weighted by molar-refractivity contribution is 5.98. The third-order valence-electron chi connectivity index (χ3n) is 6.23. The quantitative estimate of drug-likeness (QED) is 0.231. The lowest BCUT2D eigenvalue weighted by molar-refractivity contribution is 0.0991. The van der Waals surface area contributed by atoms with Crippen LogP contribution in [-0.2, 0) is 13.0 Å². The van der Waals surface area contributed by atoms with Crippen molar-refractivity contribution < 1.29 is 23.0 Å². The molecule has 9 heteroatoms. The molecule has 0 aliphatic rings. The first kappa shape index (κ1) is 25.7. The van der Waals surface area contributed by atoms with Crippen molar-refractivity contribution in [2.24, 2.45) is 0 Å². The fourth-order valence-electron chi connectivity index (χ4n) is 4.16. The van der Waals surface area contributed by atoms with Gasteiger partial charge < -0.3 is 14.0 Å². The van der Waals surface area contributed by atoms with E-state index in [-0.39, 0.29) is 23.3 Å². The average molecular weight is 528 g/mol. The lowest BCUT2D eigenvalue weighted by Crippen LogP contribution is -2.21. The number of pyridine rings is 3. The van der Waals surface area contributed by atoms with Crippen LogP contribution >= 0.6 is 0 Å². The van der Waals surface area contributed by atoms with Gasteiger partial charge in [-0.05, 0) is 42.3 Å². The first-order valence-electron chi connectivity index (χ1n) is 12.1. The van der Waals surface area contributed by atoms with Crippen molar-refractivity contribution in [3.63, 3.8) is 0 Å². The molecule has 7 nitrogen and oxygen atoms in total. The molecular formula is C30H23F2N3O4. The predicted octanol–water partition coefficient (Wildman–Crippen LogP) is 5.98. The van der Waals surface area contributed by atoms with Gasteiger partial charge in [-0.15, -0.1) is 0 Å². The number of hydrogen-bond acceptors (Lipinski definition) is 6. The zero-order valence-corrected chi connectivity index (χ0v) is 21.2. The number of methoxy groups -OCH3 is 1. The van der Waals surface area contributed by atoms with Crippen molar-refractivity contribution in [2.75, 3.05) is 7.11 Å². The molecule has 0 bridgehead atoms. The van der Waals surface area contributed by atoms with Gasteiger partial charge in [0.15, 0.2) is 28.5 Å². The van der Waals surface area contributed by atoms with Crippen LogP contribution < -0.4 is 14.9 Å². The molecule has 0 atom stereocenters. The highest BCUT2D eigenvalue weighted by atomic mass is 19.1. The minimum Gasteiger partial charge on any atom is -0.495 e. The van der Waals surface area contributed by atoms with Gasteiger partial charge in [-0.2, -0.15) is 0 Å². The molecule has 0 aliphatic carbocycles. The largest absolute Gasteiger partial charge is 0.495 e. The monoisotopic (exact) mass is 527 g/mol. The van der Waals surface area contributed by atoms with Gasteiger partial charge in [0.25, 0.3) is 0 Å². The molecule has 0 amide bonds. The van der Waals surface area contributed by atoms with Crippen LogP contribution in [-0.4, -0.2) is 27.4 Å². The molecule has 0 radical (unpaired) electrons. The maximum atomic E-state index is 15.0. The summed E-state index contributed by atoms with van der Waals surface area (Å²) in [6, 6.07) is 13.0. The van der Waals surface area contributed by atoms with Crippen molar-refractivity contribution in [2.45, 2.75) is 19.9 Å². The number of carbonyl (C=O) groups is 1. The number of ether oxygens (including phenoxy) is 2. The molecule has 0 aliphatic heterocycles. The van der Waals surface area contributed by atoms with Crippen LogP contribution in [0.4, 0.5) is 8.78 Å². The number of carbonyl (C=O) groups excluding carboxylic acids is 1. The smallest absolute Gasteiger partial charge is 0.200 e. The molecule has 5 aromatic rings. The first-order valence-corrected chi connectivity index (χ1v) is 12.1. The molecule has 0 unspecified atom stereocenters. The van der Waals surface area contributed by atoms with E-state index >= 15 is 4.39 Å². The second-order valence-electron chi connectivity index (χ2n) is 8.77. The maximum Gasteiger partial charge on any atom is 0.200 e. The molecule has 196 valence electrons. The van der Waals surface area contributed by atoms with Crippen LogP contribution in [0.5, 0.6) is 17.2 Å². The third-order valence-corrected chi connectivity index (χ3v) is 6.23.